The molecule has 4 N–H and O–H groups in total. The van der Waals surface area contributed by atoms with Gasteiger partial charge in [0.05, 0.1) is 6.61 Å². The van der Waals surface area contributed by atoms with Crippen molar-refractivity contribution in [1.29, 1.82) is 0 Å². The molecule has 0 bridgehead atoms. The lowest BCUT2D eigenvalue weighted by atomic mass is 10.1. The number of H-pyrrole nitrogens is 1. The first-order valence-electron chi connectivity index (χ1n) is 5.86. The molecule has 1 aromatic carbocycles. The van der Waals surface area contributed by atoms with E-state index in [0.29, 0.717) is 17.7 Å². The Morgan fingerprint density at radius 2 is 1.95 bits per heavy atom. The van der Waals surface area contributed by atoms with Crippen molar-refractivity contribution in [3.05, 3.63) is 35.4 Å². The summed E-state index contributed by atoms with van der Waals surface area (Å²) in [5.41, 5.74) is 5.82. The van der Waals surface area contributed by atoms with Crippen molar-refractivity contribution in [2.75, 3.05) is 11.9 Å². The van der Waals surface area contributed by atoms with E-state index in [1.807, 2.05) is 0 Å². The van der Waals surface area contributed by atoms with Crippen LogP contribution in [0.25, 0.3) is 0 Å². The van der Waals surface area contributed by atoms with Crippen molar-refractivity contribution in [2.45, 2.75) is 6.92 Å². The summed E-state index contributed by atoms with van der Waals surface area (Å²) in [4.78, 5) is 26.7. The Morgan fingerprint density at radius 1 is 1.30 bits per heavy atom. The first-order chi connectivity index (χ1) is 9.60. The standard InChI is InChI=1S/C12H13N5O3/c1-2-20-12-15-11(16-17-12)14-10(19)8-5-3-7(4-6-8)9(13)18/h3-6H,2H2,1H3,(H2,13,18)(H2,14,15,16,17,19). The summed E-state index contributed by atoms with van der Waals surface area (Å²) < 4.78 is 5.06. The number of nitrogens with two attached hydrogens (primary N) is 1. The number of primary amides is 1. The first kappa shape index (κ1) is 13.5. The maximum Gasteiger partial charge on any atom is 0.337 e. The Hall–Kier alpha value is -2.90. The second kappa shape index (κ2) is 5.83. The number of anilines is 1. The van der Waals surface area contributed by atoms with Gasteiger partial charge >= 0.3 is 6.01 Å². The molecule has 104 valence electrons. The van der Waals surface area contributed by atoms with Gasteiger partial charge in [-0.1, -0.05) is 0 Å². The summed E-state index contributed by atoms with van der Waals surface area (Å²) in [6.45, 7) is 2.23. The number of aromatic nitrogens is 3. The molecule has 20 heavy (non-hydrogen) atoms. The van der Waals surface area contributed by atoms with Crippen LogP contribution in [0.15, 0.2) is 24.3 Å². The van der Waals surface area contributed by atoms with Gasteiger partial charge in [-0.3, -0.25) is 14.9 Å². The SMILES string of the molecule is CCOc1n[nH]c(NC(=O)c2ccc(C(N)=O)cc2)n1. The molecule has 0 spiro atoms. The third-order valence-corrected chi connectivity index (χ3v) is 2.40. The molecule has 0 aliphatic carbocycles. The summed E-state index contributed by atoms with van der Waals surface area (Å²) >= 11 is 0. The molecule has 0 saturated carbocycles. The highest BCUT2D eigenvalue weighted by atomic mass is 16.5. The maximum absolute atomic E-state index is 11.9. The monoisotopic (exact) mass is 275 g/mol. The van der Waals surface area contributed by atoms with Crippen LogP contribution in [0.4, 0.5) is 5.95 Å². The number of amides is 2. The first-order valence-corrected chi connectivity index (χ1v) is 5.86. The van der Waals surface area contributed by atoms with E-state index in [2.05, 4.69) is 20.5 Å². The number of benzene rings is 1. The Bertz CT molecular complexity index is 620. The maximum atomic E-state index is 11.9. The minimum absolute atomic E-state index is 0.159. The fraction of sp³-hybridized carbons (Fsp3) is 0.167. The summed E-state index contributed by atoms with van der Waals surface area (Å²) in [5, 5.41) is 8.81. The third kappa shape index (κ3) is 3.10. The molecule has 0 atom stereocenters. The number of nitrogens with zero attached hydrogens (tertiary/aromatic N) is 2. The summed E-state index contributed by atoms with van der Waals surface area (Å²) in [7, 11) is 0. The van der Waals surface area contributed by atoms with Gasteiger partial charge < -0.3 is 10.5 Å². The highest BCUT2D eigenvalue weighted by molar-refractivity contribution is 6.04. The third-order valence-electron chi connectivity index (χ3n) is 2.40. The molecule has 0 aliphatic rings. The van der Waals surface area contributed by atoms with Crippen molar-refractivity contribution in [2.24, 2.45) is 5.73 Å². The van der Waals surface area contributed by atoms with E-state index in [9.17, 15) is 9.59 Å². The number of hydrogen-bond donors (Lipinski definition) is 3. The number of carbonyl (C=O) groups is 2. The molecule has 2 amide bonds. The van der Waals surface area contributed by atoms with Gasteiger partial charge in [-0.2, -0.15) is 4.98 Å². The normalized spacial score (nSPS) is 10.1. The topological polar surface area (TPSA) is 123 Å². The zero-order valence-corrected chi connectivity index (χ0v) is 10.7. The van der Waals surface area contributed by atoms with E-state index in [4.69, 9.17) is 10.5 Å². The van der Waals surface area contributed by atoms with E-state index in [-0.39, 0.29) is 17.9 Å². The second-order valence-corrected chi connectivity index (χ2v) is 3.80. The number of aromatic amines is 1. The lowest BCUT2D eigenvalue weighted by Crippen LogP contribution is -2.14. The number of hydrogen-bond acceptors (Lipinski definition) is 5. The summed E-state index contributed by atoms with van der Waals surface area (Å²) in [6, 6.07) is 6.10. The van der Waals surface area contributed by atoms with Gasteiger partial charge in [-0.25, -0.2) is 5.10 Å². The van der Waals surface area contributed by atoms with Crippen molar-refractivity contribution >= 4 is 17.8 Å². The lowest BCUT2D eigenvalue weighted by molar-refractivity contribution is 0.0995. The quantitative estimate of drug-likeness (QED) is 0.735. The minimum atomic E-state index is -0.548. The van der Waals surface area contributed by atoms with Gasteiger partial charge in [0.1, 0.15) is 0 Å². The zero-order chi connectivity index (χ0) is 14.5. The molecule has 0 saturated heterocycles. The highest BCUT2D eigenvalue weighted by Gasteiger charge is 2.10. The number of rotatable bonds is 5. The lowest BCUT2D eigenvalue weighted by Gasteiger charge is -2.02. The van der Waals surface area contributed by atoms with Gasteiger partial charge in [0.25, 0.3) is 5.91 Å². The van der Waals surface area contributed by atoms with Crippen LogP contribution in [-0.2, 0) is 0 Å². The minimum Gasteiger partial charge on any atom is -0.463 e. The van der Waals surface area contributed by atoms with Crippen molar-refractivity contribution in [3.63, 3.8) is 0 Å². The Kier molecular flexibility index (Phi) is 3.94. The summed E-state index contributed by atoms with van der Waals surface area (Å²) in [5.74, 6) is -0.758. The smallest absolute Gasteiger partial charge is 0.337 e. The van der Waals surface area contributed by atoms with Crippen molar-refractivity contribution < 1.29 is 14.3 Å². The highest BCUT2D eigenvalue weighted by Crippen LogP contribution is 2.09. The van der Waals surface area contributed by atoms with Gasteiger partial charge in [-0.05, 0) is 31.2 Å². The fourth-order valence-corrected chi connectivity index (χ4v) is 1.46. The molecule has 8 nitrogen and oxygen atoms in total. The molecular weight excluding hydrogens is 262 g/mol. The van der Waals surface area contributed by atoms with Crippen LogP contribution in [0.5, 0.6) is 6.01 Å². The van der Waals surface area contributed by atoms with E-state index >= 15 is 0 Å². The van der Waals surface area contributed by atoms with Crippen LogP contribution in [0, 0.1) is 0 Å². The van der Waals surface area contributed by atoms with Gasteiger partial charge in [0.15, 0.2) is 0 Å². The van der Waals surface area contributed by atoms with E-state index in [1.165, 1.54) is 24.3 Å². The van der Waals surface area contributed by atoms with Gasteiger partial charge in [0, 0.05) is 11.1 Å². The zero-order valence-electron chi connectivity index (χ0n) is 10.7. The molecule has 0 radical (unpaired) electrons. The molecule has 0 aliphatic heterocycles. The predicted molar refractivity (Wildman–Crippen MR) is 70.5 cm³/mol. The number of nitrogens with one attached hydrogen (secondary N) is 2. The summed E-state index contributed by atoms with van der Waals surface area (Å²) in [6.07, 6.45) is 0. The van der Waals surface area contributed by atoms with Crippen LogP contribution < -0.4 is 15.8 Å². The van der Waals surface area contributed by atoms with Crippen LogP contribution in [0.3, 0.4) is 0 Å². The second-order valence-electron chi connectivity index (χ2n) is 3.80. The molecule has 8 heteroatoms. The van der Waals surface area contributed by atoms with Crippen LogP contribution in [0.2, 0.25) is 0 Å². The van der Waals surface area contributed by atoms with Crippen LogP contribution in [-0.4, -0.2) is 33.6 Å². The average molecular weight is 275 g/mol. The largest absolute Gasteiger partial charge is 0.463 e. The number of ether oxygens (including phenoxy) is 1. The molecule has 1 aromatic heterocycles. The fourth-order valence-electron chi connectivity index (χ4n) is 1.46. The molecule has 0 fully saturated rings. The van der Waals surface area contributed by atoms with E-state index in [1.54, 1.807) is 6.92 Å². The molecule has 2 rings (SSSR count). The van der Waals surface area contributed by atoms with Crippen molar-refractivity contribution in [3.8, 4) is 6.01 Å². The van der Waals surface area contributed by atoms with E-state index < -0.39 is 5.91 Å². The Labute approximate surface area is 114 Å². The molecule has 0 unspecified atom stereocenters. The molecule has 2 aromatic rings. The molecule has 1 heterocycles. The number of carbonyl (C=O) groups excluding carboxylic acids is 2. The predicted octanol–water partition coefficient (Wildman–Crippen LogP) is 0.555. The van der Waals surface area contributed by atoms with Crippen LogP contribution >= 0.6 is 0 Å². The Morgan fingerprint density at radius 3 is 2.55 bits per heavy atom. The Balaban J connectivity index is 2.05. The van der Waals surface area contributed by atoms with Crippen LogP contribution in [0.1, 0.15) is 27.6 Å². The average Bonchev–Trinajstić information content (AvgIpc) is 2.86. The van der Waals surface area contributed by atoms with Gasteiger partial charge in [0.2, 0.25) is 11.9 Å². The van der Waals surface area contributed by atoms with E-state index in [0.717, 1.165) is 0 Å². The van der Waals surface area contributed by atoms with Crippen molar-refractivity contribution in [1.82, 2.24) is 15.2 Å². The van der Waals surface area contributed by atoms with Gasteiger partial charge in [-0.15, -0.1) is 5.10 Å². The molecular formula is C12H13N5O3.